The van der Waals surface area contributed by atoms with Gasteiger partial charge in [-0.3, -0.25) is 0 Å². The van der Waals surface area contributed by atoms with E-state index in [-0.39, 0.29) is 0 Å². The number of nitrogens with one attached hydrogen (secondary N) is 1. The third kappa shape index (κ3) is 1.42. The van der Waals surface area contributed by atoms with Gasteiger partial charge < -0.3 is 5.32 Å². The van der Waals surface area contributed by atoms with Crippen molar-refractivity contribution in [2.24, 2.45) is 0 Å². The Morgan fingerprint density at radius 2 is 2.00 bits per heavy atom. The molecule has 0 saturated carbocycles. The molecular formula is C5H5Cl2N. The van der Waals surface area contributed by atoms with Gasteiger partial charge in [0.25, 0.3) is 0 Å². The average Bonchev–Trinajstić information content (AvgIpc) is 1.65. The molecule has 0 fully saturated rings. The zero-order chi connectivity index (χ0) is 6.04. The van der Waals surface area contributed by atoms with Gasteiger partial charge in [-0.1, -0.05) is 29.3 Å². The van der Waals surface area contributed by atoms with Gasteiger partial charge in [-0.05, 0) is 18.4 Å². The van der Waals surface area contributed by atoms with E-state index in [1.807, 2.05) is 6.08 Å². The molecule has 0 aromatic heterocycles. The second-order valence-electron chi connectivity index (χ2n) is 1.49. The summed E-state index contributed by atoms with van der Waals surface area (Å²) in [5.41, 5.74) is 0. The first-order valence-corrected chi connectivity index (χ1v) is 2.96. The van der Waals surface area contributed by atoms with Crippen molar-refractivity contribution in [3.05, 3.63) is 24.4 Å². The predicted molar refractivity (Wildman–Crippen MR) is 35.9 cm³/mol. The topological polar surface area (TPSA) is 12.0 Å². The van der Waals surface area contributed by atoms with Crippen LogP contribution in [-0.2, 0) is 0 Å². The fourth-order valence-electron chi connectivity index (χ4n) is 0.439. The molecule has 8 heavy (non-hydrogen) atoms. The van der Waals surface area contributed by atoms with Crippen LogP contribution in [0.15, 0.2) is 24.4 Å². The lowest BCUT2D eigenvalue weighted by Gasteiger charge is -2.16. The lowest BCUT2D eigenvalue weighted by atomic mass is 10.4. The van der Waals surface area contributed by atoms with Crippen LogP contribution in [0.2, 0.25) is 0 Å². The van der Waals surface area contributed by atoms with E-state index in [1.54, 1.807) is 18.4 Å². The second kappa shape index (κ2) is 2.00. The molecule has 0 aromatic carbocycles. The summed E-state index contributed by atoms with van der Waals surface area (Å²) in [4.78, 5) is 0. The molecule has 0 spiro atoms. The van der Waals surface area contributed by atoms with E-state index in [1.165, 1.54) is 0 Å². The first kappa shape index (κ1) is 5.99. The number of alkyl halides is 2. The third-order valence-corrected chi connectivity index (χ3v) is 1.26. The van der Waals surface area contributed by atoms with E-state index in [9.17, 15) is 0 Å². The summed E-state index contributed by atoms with van der Waals surface area (Å²) in [6, 6.07) is 0. The van der Waals surface area contributed by atoms with E-state index in [2.05, 4.69) is 5.32 Å². The Balaban J connectivity index is 2.65. The molecule has 0 amide bonds. The first-order valence-electron chi connectivity index (χ1n) is 2.21. The Kier molecular flexibility index (Phi) is 1.49. The Morgan fingerprint density at radius 3 is 2.25 bits per heavy atom. The van der Waals surface area contributed by atoms with Crippen molar-refractivity contribution in [3.63, 3.8) is 0 Å². The fourth-order valence-corrected chi connectivity index (χ4v) is 0.711. The van der Waals surface area contributed by atoms with Gasteiger partial charge in [0.2, 0.25) is 4.46 Å². The molecule has 0 aliphatic carbocycles. The number of allylic oxidation sites excluding steroid dienone is 2. The minimum absolute atomic E-state index is 0.894. The van der Waals surface area contributed by atoms with Crippen LogP contribution < -0.4 is 5.32 Å². The number of halogens is 2. The van der Waals surface area contributed by atoms with Crippen LogP contribution in [0.3, 0.4) is 0 Å². The summed E-state index contributed by atoms with van der Waals surface area (Å²) in [5.74, 6) is 0. The Morgan fingerprint density at radius 1 is 1.25 bits per heavy atom. The molecule has 1 rings (SSSR count). The standard InChI is InChI=1S/C5H5Cl2N/c6-5(7)3-1-2-4-8-5/h1-4,8H. The van der Waals surface area contributed by atoms with Crippen molar-refractivity contribution in [3.8, 4) is 0 Å². The lowest BCUT2D eigenvalue weighted by Crippen LogP contribution is -2.28. The Bertz CT molecular complexity index is 137. The average molecular weight is 150 g/mol. The van der Waals surface area contributed by atoms with E-state index < -0.39 is 4.46 Å². The molecule has 1 N–H and O–H groups in total. The van der Waals surface area contributed by atoms with Gasteiger partial charge in [0, 0.05) is 0 Å². The summed E-state index contributed by atoms with van der Waals surface area (Å²) in [5, 5.41) is 2.72. The van der Waals surface area contributed by atoms with Crippen molar-refractivity contribution in [1.29, 1.82) is 0 Å². The quantitative estimate of drug-likeness (QED) is 0.410. The molecule has 0 saturated heterocycles. The van der Waals surface area contributed by atoms with Gasteiger partial charge in [0.05, 0.1) is 0 Å². The molecular weight excluding hydrogens is 145 g/mol. The maximum atomic E-state index is 5.59. The smallest absolute Gasteiger partial charge is 0.207 e. The van der Waals surface area contributed by atoms with Crippen molar-refractivity contribution in [1.82, 2.24) is 5.32 Å². The summed E-state index contributed by atoms with van der Waals surface area (Å²) in [7, 11) is 0. The number of hydrogen-bond donors (Lipinski definition) is 1. The summed E-state index contributed by atoms with van der Waals surface area (Å²) >= 11 is 11.2. The van der Waals surface area contributed by atoms with Crippen molar-refractivity contribution in [2.75, 3.05) is 0 Å². The molecule has 1 aliphatic heterocycles. The molecule has 0 unspecified atom stereocenters. The second-order valence-corrected chi connectivity index (χ2v) is 2.87. The minimum Gasteiger partial charge on any atom is -0.357 e. The van der Waals surface area contributed by atoms with Crippen LogP contribution >= 0.6 is 23.2 Å². The van der Waals surface area contributed by atoms with Crippen LogP contribution in [-0.4, -0.2) is 4.46 Å². The highest BCUT2D eigenvalue weighted by Gasteiger charge is 2.17. The van der Waals surface area contributed by atoms with Crippen LogP contribution in [0.5, 0.6) is 0 Å². The van der Waals surface area contributed by atoms with E-state index in [0.717, 1.165) is 0 Å². The Labute approximate surface area is 58.0 Å². The maximum absolute atomic E-state index is 5.59. The normalized spacial score (nSPS) is 22.8. The van der Waals surface area contributed by atoms with Crippen molar-refractivity contribution >= 4 is 23.2 Å². The van der Waals surface area contributed by atoms with Crippen molar-refractivity contribution < 1.29 is 0 Å². The van der Waals surface area contributed by atoms with Gasteiger partial charge >= 0.3 is 0 Å². The molecule has 44 valence electrons. The fraction of sp³-hybridized carbons (Fsp3) is 0.200. The van der Waals surface area contributed by atoms with E-state index in [4.69, 9.17) is 23.2 Å². The van der Waals surface area contributed by atoms with Gasteiger partial charge in [-0.25, -0.2) is 0 Å². The summed E-state index contributed by atoms with van der Waals surface area (Å²) in [6.07, 6.45) is 6.97. The largest absolute Gasteiger partial charge is 0.357 e. The summed E-state index contributed by atoms with van der Waals surface area (Å²) < 4.78 is -0.894. The number of rotatable bonds is 0. The zero-order valence-electron chi connectivity index (χ0n) is 4.07. The highest BCUT2D eigenvalue weighted by molar-refractivity contribution is 6.49. The number of dihydropyridines is 1. The zero-order valence-corrected chi connectivity index (χ0v) is 5.58. The van der Waals surface area contributed by atoms with E-state index in [0.29, 0.717) is 0 Å². The Hall–Kier alpha value is -0.140. The first-order chi connectivity index (χ1) is 3.71. The van der Waals surface area contributed by atoms with Crippen LogP contribution in [0.4, 0.5) is 0 Å². The molecule has 1 heterocycles. The van der Waals surface area contributed by atoms with Gasteiger partial charge in [0.15, 0.2) is 0 Å². The highest BCUT2D eigenvalue weighted by atomic mass is 35.5. The van der Waals surface area contributed by atoms with Gasteiger partial charge in [0.1, 0.15) is 0 Å². The van der Waals surface area contributed by atoms with Crippen LogP contribution in [0.25, 0.3) is 0 Å². The number of hydrogen-bond acceptors (Lipinski definition) is 1. The molecule has 0 radical (unpaired) electrons. The monoisotopic (exact) mass is 149 g/mol. The molecule has 0 bridgehead atoms. The van der Waals surface area contributed by atoms with Crippen LogP contribution in [0.1, 0.15) is 0 Å². The van der Waals surface area contributed by atoms with Crippen LogP contribution in [0, 0.1) is 0 Å². The van der Waals surface area contributed by atoms with Gasteiger partial charge in [-0.2, -0.15) is 0 Å². The lowest BCUT2D eigenvalue weighted by molar-refractivity contribution is 0.832. The van der Waals surface area contributed by atoms with Crippen molar-refractivity contribution in [2.45, 2.75) is 4.46 Å². The predicted octanol–water partition coefficient (Wildman–Crippen LogP) is 1.79. The van der Waals surface area contributed by atoms with E-state index >= 15 is 0 Å². The maximum Gasteiger partial charge on any atom is 0.207 e. The molecule has 0 atom stereocenters. The van der Waals surface area contributed by atoms with Gasteiger partial charge in [-0.15, -0.1) is 0 Å². The minimum atomic E-state index is -0.894. The molecule has 1 nitrogen and oxygen atoms in total. The summed E-state index contributed by atoms with van der Waals surface area (Å²) in [6.45, 7) is 0. The molecule has 3 heteroatoms. The molecule has 0 aromatic rings. The SMILES string of the molecule is ClC1(Cl)C=CC=CN1. The molecule has 1 aliphatic rings. The highest BCUT2D eigenvalue weighted by Crippen LogP contribution is 2.20. The third-order valence-electron chi connectivity index (χ3n) is 0.789.